The van der Waals surface area contributed by atoms with Gasteiger partial charge in [0.15, 0.2) is 0 Å². The van der Waals surface area contributed by atoms with Crippen LogP contribution in [0.2, 0.25) is 0 Å². The molecule has 2 aromatic carbocycles. The van der Waals surface area contributed by atoms with Crippen molar-refractivity contribution in [3.8, 4) is 11.5 Å². The third-order valence-electron chi connectivity index (χ3n) is 4.39. The summed E-state index contributed by atoms with van der Waals surface area (Å²) in [6.45, 7) is 2.20. The average Bonchev–Trinajstić information content (AvgIpc) is 3.18. The summed E-state index contributed by atoms with van der Waals surface area (Å²) in [5, 5.41) is 0. The maximum Gasteiger partial charge on any atom is 0.118 e. The first-order chi connectivity index (χ1) is 11.7. The van der Waals surface area contributed by atoms with Crippen molar-refractivity contribution < 1.29 is 9.47 Å². The van der Waals surface area contributed by atoms with Crippen molar-refractivity contribution in [3.05, 3.63) is 89.0 Å². The number of allylic oxidation sites excluding steroid dienone is 5. The minimum Gasteiger partial charge on any atom is -0.497 e. The van der Waals surface area contributed by atoms with E-state index in [2.05, 4.69) is 49.4 Å². The molecule has 1 aliphatic carbocycles. The predicted octanol–water partition coefficient (Wildman–Crippen LogP) is 5.41. The number of ether oxygens (including phenoxy) is 2. The molecule has 0 spiro atoms. The Kier molecular flexibility index (Phi) is 4.85. The van der Waals surface area contributed by atoms with E-state index < -0.39 is 0 Å². The lowest BCUT2D eigenvalue weighted by Gasteiger charge is -2.15. The molecule has 0 N–H and O–H groups in total. The van der Waals surface area contributed by atoms with Gasteiger partial charge in [-0.3, -0.25) is 0 Å². The minimum atomic E-state index is 0.868. The Morgan fingerprint density at radius 2 is 1.29 bits per heavy atom. The van der Waals surface area contributed by atoms with E-state index in [1.165, 1.54) is 27.8 Å². The van der Waals surface area contributed by atoms with Gasteiger partial charge in [-0.15, -0.1) is 0 Å². The third-order valence-corrected chi connectivity index (χ3v) is 4.39. The standard InChI is InChI=1S/C22H22O2/c1-16(17-6-4-5-7-17)22(18-8-12-20(23-2)13-9-18)19-10-14-21(24-3)15-11-19/h4-6,8-15H,7H2,1-3H3. The molecule has 0 saturated heterocycles. The Bertz CT molecular complexity index is 741. The number of hydrogen-bond acceptors (Lipinski definition) is 2. The van der Waals surface area contributed by atoms with E-state index in [0.717, 1.165) is 17.9 Å². The molecule has 2 aromatic rings. The zero-order chi connectivity index (χ0) is 16.9. The molecule has 0 saturated carbocycles. The molecule has 122 valence electrons. The Morgan fingerprint density at radius 3 is 1.67 bits per heavy atom. The summed E-state index contributed by atoms with van der Waals surface area (Å²) in [6.07, 6.45) is 7.50. The van der Waals surface area contributed by atoms with Crippen LogP contribution >= 0.6 is 0 Å². The van der Waals surface area contributed by atoms with Crippen LogP contribution in [0, 0.1) is 0 Å². The van der Waals surface area contributed by atoms with E-state index in [9.17, 15) is 0 Å². The normalized spacial score (nSPS) is 12.7. The van der Waals surface area contributed by atoms with Crippen molar-refractivity contribution in [3.63, 3.8) is 0 Å². The van der Waals surface area contributed by atoms with Crippen molar-refractivity contribution in [2.45, 2.75) is 13.3 Å². The van der Waals surface area contributed by atoms with Gasteiger partial charge in [-0.1, -0.05) is 42.5 Å². The van der Waals surface area contributed by atoms with E-state index in [1.807, 2.05) is 24.3 Å². The first-order valence-electron chi connectivity index (χ1n) is 8.08. The summed E-state index contributed by atoms with van der Waals surface area (Å²) < 4.78 is 10.6. The molecule has 3 rings (SSSR count). The van der Waals surface area contributed by atoms with Crippen molar-refractivity contribution in [2.24, 2.45) is 0 Å². The summed E-state index contributed by atoms with van der Waals surface area (Å²) in [7, 11) is 3.38. The molecule has 0 atom stereocenters. The molecule has 0 aliphatic heterocycles. The molecule has 0 unspecified atom stereocenters. The van der Waals surface area contributed by atoms with Gasteiger partial charge in [0.1, 0.15) is 11.5 Å². The van der Waals surface area contributed by atoms with E-state index in [-0.39, 0.29) is 0 Å². The molecule has 1 aliphatic rings. The largest absolute Gasteiger partial charge is 0.497 e. The van der Waals surface area contributed by atoms with Gasteiger partial charge in [-0.05, 0) is 65.5 Å². The lowest BCUT2D eigenvalue weighted by molar-refractivity contribution is 0.414. The second kappa shape index (κ2) is 7.22. The number of methoxy groups -OCH3 is 2. The van der Waals surface area contributed by atoms with Crippen molar-refractivity contribution in [1.29, 1.82) is 0 Å². The molecular weight excluding hydrogens is 296 g/mol. The molecule has 2 heteroatoms. The van der Waals surface area contributed by atoms with Gasteiger partial charge in [0.25, 0.3) is 0 Å². The molecule has 0 heterocycles. The molecular formula is C22H22O2. The molecule has 24 heavy (non-hydrogen) atoms. The van der Waals surface area contributed by atoms with Gasteiger partial charge in [-0.2, -0.15) is 0 Å². The van der Waals surface area contributed by atoms with Crippen LogP contribution in [-0.2, 0) is 0 Å². The lowest BCUT2D eigenvalue weighted by Crippen LogP contribution is -1.95. The highest BCUT2D eigenvalue weighted by Gasteiger charge is 2.13. The third kappa shape index (κ3) is 3.28. The van der Waals surface area contributed by atoms with Gasteiger partial charge < -0.3 is 9.47 Å². The predicted molar refractivity (Wildman–Crippen MR) is 99.5 cm³/mol. The molecule has 0 bridgehead atoms. The Hall–Kier alpha value is -2.74. The second-order valence-electron chi connectivity index (χ2n) is 5.78. The summed E-state index contributed by atoms with van der Waals surface area (Å²) >= 11 is 0. The van der Waals surface area contributed by atoms with Crippen LogP contribution in [0.5, 0.6) is 11.5 Å². The van der Waals surface area contributed by atoms with Crippen molar-refractivity contribution >= 4 is 5.57 Å². The molecule has 0 fully saturated rings. The van der Waals surface area contributed by atoms with E-state index in [4.69, 9.17) is 9.47 Å². The fourth-order valence-corrected chi connectivity index (χ4v) is 3.00. The topological polar surface area (TPSA) is 18.5 Å². The van der Waals surface area contributed by atoms with Crippen LogP contribution in [0.4, 0.5) is 0 Å². The van der Waals surface area contributed by atoms with Gasteiger partial charge in [0.05, 0.1) is 14.2 Å². The lowest BCUT2D eigenvalue weighted by atomic mass is 9.90. The highest BCUT2D eigenvalue weighted by molar-refractivity contribution is 5.85. The SMILES string of the molecule is COc1ccc(C(=C(C)C2=CC=CC2)c2ccc(OC)cc2)cc1. The van der Waals surface area contributed by atoms with E-state index >= 15 is 0 Å². The summed E-state index contributed by atoms with van der Waals surface area (Å²) in [6, 6.07) is 16.5. The van der Waals surface area contributed by atoms with E-state index in [1.54, 1.807) is 14.2 Å². The summed E-state index contributed by atoms with van der Waals surface area (Å²) in [4.78, 5) is 0. The zero-order valence-electron chi connectivity index (χ0n) is 14.4. The summed E-state index contributed by atoms with van der Waals surface area (Å²) in [5.74, 6) is 1.74. The van der Waals surface area contributed by atoms with Crippen molar-refractivity contribution in [1.82, 2.24) is 0 Å². The second-order valence-corrected chi connectivity index (χ2v) is 5.78. The minimum absolute atomic E-state index is 0.868. The Labute approximate surface area is 143 Å². The van der Waals surface area contributed by atoms with Crippen LogP contribution in [0.3, 0.4) is 0 Å². The highest BCUT2D eigenvalue weighted by Crippen LogP contribution is 2.34. The fourth-order valence-electron chi connectivity index (χ4n) is 3.00. The first-order valence-corrected chi connectivity index (χ1v) is 8.08. The van der Waals surface area contributed by atoms with Gasteiger partial charge in [0, 0.05) is 0 Å². The van der Waals surface area contributed by atoms with Crippen LogP contribution in [0.25, 0.3) is 5.57 Å². The zero-order valence-corrected chi connectivity index (χ0v) is 14.4. The van der Waals surface area contributed by atoms with Crippen LogP contribution < -0.4 is 9.47 Å². The van der Waals surface area contributed by atoms with Crippen LogP contribution in [0.1, 0.15) is 24.5 Å². The summed E-state index contributed by atoms with van der Waals surface area (Å²) in [5.41, 5.74) is 6.28. The molecule has 0 amide bonds. The number of benzene rings is 2. The molecule has 0 radical (unpaired) electrons. The number of hydrogen-bond donors (Lipinski definition) is 0. The highest BCUT2D eigenvalue weighted by atomic mass is 16.5. The monoisotopic (exact) mass is 318 g/mol. The number of rotatable bonds is 5. The first kappa shape index (κ1) is 16.1. The van der Waals surface area contributed by atoms with E-state index in [0.29, 0.717) is 0 Å². The Morgan fingerprint density at radius 1 is 0.792 bits per heavy atom. The fraction of sp³-hybridized carbons (Fsp3) is 0.182. The van der Waals surface area contributed by atoms with Gasteiger partial charge >= 0.3 is 0 Å². The maximum absolute atomic E-state index is 5.29. The maximum atomic E-state index is 5.29. The van der Waals surface area contributed by atoms with Crippen LogP contribution in [-0.4, -0.2) is 14.2 Å². The quantitative estimate of drug-likeness (QED) is 0.733. The Balaban J connectivity index is 2.10. The van der Waals surface area contributed by atoms with Gasteiger partial charge in [0.2, 0.25) is 0 Å². The molecule has 2 nitrogen and oxygen atoms in total. The molecule has 0 aromatic heterocycles. The average molecular weight is 318 g/mol. The smallest absolute Gasteiger partial charge is 0.118 e. The van der Waals surface area contributed by atoms with Gasteiger partial charge in [-0.25, -0.2) is 0 Å². The van der Waals surface area contributed by atoms with Crippen molar-refractivity contribution in [2.75, 3.05) is 14.2 Å². The van der Waals surface area contributed by atoms with Crippen LogP contribution in [0.15, 0.2) is 77.9 Å².